The number of pyridine rings is 1. The highest BCUT2D eigenvalue weighted by molar-refractivity contribution is 7.89. The Morgan fingerprint density at radius 2 is 1.77 bits per heavy atom. The molecule has 13 heteroatoms. The van der Waals surface area contributed by atoms with Gasteiger partial charge in [-0.25, -0.2) is 17.2 Å². The fraction of sp³-hybridized carbons (Fsp3) is 0.400. The quantitative estimate of drug-likeness (QED) is 0.191. The molecule has 0 radical (unpaired) electrons. The molecule has 234 valence electrons. The summed E-state index contributed by atoms with van der Waals surface area (Å²) < 4.78 is 56.4. The van der Waals surface area contributed by atoms with E-state index in [0.29, 0.717) is 30.4 Å². The molecule has 3 rings (SSSR count). The number of aliphatic hydroxyl groups is 1. The number of aromatic nitrogens is 1. The van der Waals surface area contributed by atoms with E-state index in [-0.39, 0.29) is 52.9 Å². The molecule has 1 aromatic heterocycles. The number of aryl methyl sites for hydroxylation is 2. The number of halogens is 4. The van der Waals surface area contributed by atoms with Crippen molar-refractivity contribution in [2.75, 3.05) is 20.1 Å². The van der Waals surface area contributed by atoms with Crippen LogP contribution in [0.25, 0.3) is 11.1 Å². The van der Waals surface area contributed by atoms with Crippen LogP contribution in [0.2, 0.25) is 10.0 Å². The zero-order valence-electron chi connectivity index (χ0n) is 24.1. The fourth-order valence-electron chi connectivity index (χ4n) is 4.72. The molecule has 0 aliphatic carbocycles. The molecular weight excluding hydrogens is 623 g/mol. The smallest absolute Gasteiger partial charge is 0.303 e. The van der Waals surface area contributed by atoms with Crippen LogP contribution in [0.1, 0.15) is 44.2 Å². The Balaban J connectivity index is 1.67. The molecule has 1 atom stereocenters. The first-order valence-corrected chi connectivity index (χ1v) is 15.8. The maximum Gasteiger partial charge on any atom is 0.303 e. The molecule has 1 unspecified atom stereocenters. The number of carboxylic acids is 1. The van der Waals surface area contributed by atoms with Crippen molar-refractivity contribution in [2.45, 2.75) is 62.5 Å². The third kappa shape index (κ3) is 9.41. The van der Waals surface area contributed by atoms with E-state index in [1.165, 1.54) is 37.5 Å². The number of aliphatic hydroxyl groups excluding tert-OH is 1. The van der Waals surface area contributed by atoms with E-state index in [9.17, 15) is 27.1 Å². The van der Waals surface area contributed by atoms with Crippen LogP contribution < -0.4 is 5.32 Å². The third-order valence-corrected chi connectivity index (χ3v) is 9.80. The summed E-state index contributed by atoms with van der Waals surface area (Å²) in [7, 11) is -2.98. The standard InChI is InChI=1S/C30H35Cl2F2N3O5S/c1-30(2,12-5-7-19-11-13-35-17-26(19)34)36-16-22(38)18-37(3)43(41,42)29-23(31)14-21(15-24(29)32)28-20(9-10-27(39)40)6-4-8-25(28)33/h4,6,8,11,13-15,17,22,36,38H,5,7,9-10,12,16,18H2,1-3H3,(H,39,40). The SMILES string of the molecule is CN(CC(O)CNC(C)(C)CCCc1ccncc1F)S(=O)(=O)c1c(Cl)cc(-c2c(F)cccc2CCC(=O)O)cc1Cl. The van der Waals surface area contributed by atoms with E-state index in [2.05, 4.69) is 10.3 Å². The second kappa shape index (κ2) is 14.9. The summed E-state index contributed by atoms with van der Waals surface area (Å²) in [6.07, 6.45) is 3.36. The number of carbonyl (C=O) groups is 1. The van der Waals surface area contributed by atoms with E-state index in [0.717, 1.165) is 4.31 Å². The van der Waals surface area contributed by atoms with Crippen LogP contribution in [0.3, 0.4) is 0 Å². The fourth-order valence-corrected chi connectivity index (χ4v) is 7.08. The highest BCUT2D eigenvalue weighted by atomic mass is 35.5. The van der Waals surface area contributed by atoms with Gasteiger partial charge in [0.1, 0.15) is 16.5 Å². The number of hydrogen-bond donors (Lipinski definition) is 3. The minimum absolute atomic E-state index is 0.0481. The van der Waals surface area contributed by atoms with Crippen molar-refractivity contribution in [1.82, 2.24) is 14.6 Å². The van der Waals surface area contributed by atoms with Crippen LogP contribution in [0.5, 0.6) is 0 Å². The van der Waals surface area contributed by atoms with E-state index in [4.69, 9.17) is 28.3 Å². The van der Waals surface area contributed by atoms with Gasteiger partial charge in [-0.3, -0.25) is 9.78 Å². The van der Waals surface area contributed by atoms with Gasteiger partial charge < -0.3 is 15.5 Å². The predicted octanol–water partition coefficient (Wildman–Crippen LogP) is 5.72. The molecule has 43 heavy (non-hydrogen) atoms. The number of benzene rings is 2. The number of β-amino-alcohol motifs (C(OH)–C–C–N with tert-alkyl or cyclic N) is 1. The zero-order valence-corrected chi connectivity index (χ0v) is 26.4. The number of carboxylic acid groups (broad SMARTS) is 1. The lowest BCUT2D eigenvalue weighted by molar-refractivity contribution is -0.136. The average Bonchev–Trinajstić information content (AvgIpc) is 2.91. The summed E-state index contributed by atoms with van der Waals surface area (Å²) in [5.74, 6) is -2.03. The number of sulfonamides is 1. The van der Waals surface area contributed by atoms with Crippen LogP contribution in [-0.2, 0) is 27.7 Å². The first-order valence-electron chi connectivity index (χ1n) is 13.6. The van der Waals surface area contributed by atoms with Crippen LogP contribution in [-0.4, -0.2) is 65.7 Å². The summed E-state index contributed by atoms with van der Waals surface area (Å²) >= 11 is 12.8. The molecule has 0 saturated carbocycles. The molecule has 8 nitrogen and oxygen atoms in total. The number of aliphatic carboxylic acids is 1. The summed E-state index contributed by atoms with van der Waals surface area (Å²) in [6.45, 7) is 3.69. The van der Waals surface area contributed by atoms with E-state index >= 15 is 0 Å². The Labute approximate surface area is 260 Å². The lowest BCUT2D eigenvalue weighted by atomic mass is 9.95. The van der Waals surface area contributed by atoms with Crippen molar-refractivity contribution < 1.29 is 32.2 Å². The van der Waals surface area contributed by atoms with Crippen molar-refractivity contribution in [3.8, 4) is 11.1 Å². The molecular formula is C30H35Cl2F2N3O5S. The Bertz CT molecular complexity index is 1530. The van der Waals surface area contributed by atoms with Gasteiger partial charge in [-0.05, 0) is 80.5 Å². The highest BCUT2D eigenvalue weighted by Crippen LogP contribution is 2.38. The van der Waals surface area contributed by atoms with Gasteiger partial charge in [-0.15, -0.1) is 0 Å². The van der Waals surface area contributed by atoms with Gasteiger partial charge >= 0.3 is 5.97 Å². The van der Waals surface area contributed by atoms with Gasteiger partial charge in [0.25, 0.3) is 0 Å². The molecule has 0 aliphatic rings. The Kier molecular flexibility index (Phi) is 12.0. The molecule has 0 amide bonds. The van der Waals surface area contributed by atoms with E-state index in [1.807, 2.05) is 13.8 Å². The van der Waals surface area contributed by atoms with Crippen LogP contribution in [0.4, 0.5) is 8.78 Å². The third-order valence-electron chi connectivity index (χ3n) is 7.05. The summed E-state index contributed by atoms with van der Waals surface area (Å²) in [4.78, 5) is 14.4. The highest BCUT2D eigenvalue weighted by Gasteiger charge is 2.30. The normalized spacial score (nSPS) is 13.0. The number of nitrogens with one attached hydrogen (secondary N) is 1. The number of rotatable bonds is 15. The molecule has 0 bridgehead atoms. The van der Waals surface area contributed by atoms with Crippen LogP contribution >= 0.6 is 23.2 Å². The number of likely N-dealkylation sites (N-methyl/N-ethyl adjacent to an activating group) is 1. The van der Waals surface area contributed by atoms with Crippen molar-refractivity contribution in [1.29, 1.82) is 0 Å². The lowest BCUT2D eigenvalue weighted by Crippen LogP contribution is -2.46. The first kappa shape index (κ1) is 34.8. The second-order valence-corrected chi connectivity index (χ2v) is 13.8. The molecule has 0 aliphatic heterocycles. The monoisotopic (exact) mass is 657 g/mol. The molecule has 0 fully saturated rings. The summed E-state index contributed by atoms with van der Waals surface area (Å²) in [5, 5.41) is 22.4. The van der Waals surface area contributed by atoms with E-state index < -0.39 is 38.3 Å². The van der Waals surface area contributed by atoms with Gasteiger partial charge in [-0.1, -0.05) is 35.3 Å². The topological polar surface area (TPSA) is 120 Å². The molecule has 1 heterocycles. The summed E-state index contributed by atoms with van der Waals surface area (Å²) in [6, 6.07) is 8.43. The first-order chi connectivity index (χ1) is 20.1. The maximum absolute atomic E-state index is 14.8. The largest absolute Gasteiger partial charge is 0.481 e. The van der Waals surface area contributed by atoms with Gasteiger partial charge in [-0.2, -0.15) is 4.31 Å². The molecule has 3 aromatic rings. The molecule has 0 saturated heterocycles. The Morgan fingerprint density at radius 3 is 2.40 bits per heavy atom. The van der Waals surface area contributed by atoms with Crippen molar-refractivity contribution in [3.63, 3.8) is 0 Å². The van der Waals surface area contributed by atoms with Gasteiger partial charge in [0.15, 0.2) is 0 Å². The molecule has 2 aromatic carbocycles. The van der Waals surface area contributed by atoms with Crippen LogP contribution in [0, 0.1) is 11.6 Å². The Hall–Kier alpha value is -2.67. The van der Waals surface area contributed by atoms with Crippen molar-refractivity contribution >= 4 is 39.2 Å². The van der Waals surface area contributed by atoms with Gasteiger partial charge in [0.2, 0.25) is 10.0 Å². The van der Waals surface area contributed by atoms with Crippen LogP contribution in [0.15, 0.2) is 53.7 Å². The predicted molar refractivity (Wildman–Crippen MR) is 163 cm³/mol. The lowest BCUT2D eigenvalue weighted by Gasteiger charge is -2.29. The number of nitrogens with zero attached hydrogens (tertiary/aromatic N) is 2. The van der Waals surface area contributed by atoms with Crippen molar-refractivity contribution in [2.24, 2.45) is 0 Å². The minimum atomic E-state index is -4.27. The molecule has 3 N–H and O–H groups in total. The average molecular weight is 659 g/mol. The Morgan fingerprint density at radius 1 is 1.09 bits per heavy atom. The minimum Gasteiger partial charge on any atom is -0.481 e. The zero-order chi connectivity index (χ0) is 31.9. The van der Waals surface area contributed by atoms with Gasteiger partial charge in [0.05, 0.1) is 22.3 Å². The summed E-state index contributed by atoms with van der Waals surface area (Å²) in [5.41, 5.74) is 0.856. The molecule has 0 spiro atoms. The maximum atomic E-state index is 14.8. The second-order valence-electron chi connectivity index (χ2n) is 11.0. The van der Waals surface area contributed by atoms with E-state index in [1.54, 1.807) is 18.3 Å². The van der Waals surface area contributed by atoms with Crippen molar-refractivity contribution in [3.05, 3.63) is 81.6 Å². The van der Waals surface area contributed by atoms with Gasteiger partial charge in [0, 0.05) is 43.9 Å². The number of hydrogen-bond acceptors (Lipinski definition) is 6.